The predicted molar refractivity (Wildman–Crippen MR) is 81.7 cm³/mol. The Bertz CT molecular complexity index is 539. The van der Waals surface area contributed by atoms with Crippen LogP contribution in [0.15, 0.2) is 48.5 Å². The molecule has 2 aromatic carbocycles. The Hall–Kier alpha value is -1.80. The minimum absolute atomic E-state index is 1.08. The minimum Gasteiger partial charge on any atom is -0.369 e. The second-order valence-electron chi connectivity index (χ2n) is 5.15. The van der Waals surface area contributed by atoms with Gasteiger partial charge in [-0.25, -0.2) is 0 Å². The van der Waals surface area contributed by atoms with E-state index in [1.54, 1.807) is 0 Å². The first-order chi connectivity index (χ1) is 9.33. The van der Waals surface area contributed by atoms with Gasteiger partial charge in [0.05, 0.1) is 0 Å². The zero-order valence-electron chi connectivity index (χ0n) is 11.4. The lowest BCUT2D eigenvalue weighted by atomic mass is 10.0. The van der Waals surface area contributed by atoms with Crippen LogP contribution >= 0.6 is 0 Å². The molecule has 0 bridgehead atoms. The summed E-state index contributed by atoms with van der Waals surface area (Å²) >= 11 is 0. The van der Waals surface area contributed by atoms with Crippen molar-refractivity contribution < 1.29 is 0 Å². The Kier molecular flexibility index (Phi) is 3.51. The first-order valence-corrected chi connectivity index (χ1v) is 6.96. The molecular weight excluding hydrogens is 232 g/mol. The van der Waals surface area contributed by atoms with Gasteiger partial charge in [-0.2, -0.15) is 0 Å². The second kappa shape index (κ2) is 5.45. The van der Waals surface area contributed by atoms with E-state index in [1.165, 1.54) is 22.4 Å². The van der Waals surface area contributed by atoms with Crippen LogP contribution in [-0.2, 0) is 0 Å². The molecule has 1 N–H and O–H groups in total. The molecule has 0 spiro atoms. The molecule has 2 nitrogen and oxygen atoms in total. The van der Waals surface area contributed by atoms with Crippen molar-refractivity contribution in [1.82, 2.24) is 5.32 Å². The summed E-state index contributed by atoms with van der Waals surface area (Å²) in [4.78, 5) is 2.44. The van der Waals surface area contributed by atoms with Crippen molar-refractivity contribution >= 4 is 5.69 Å². The fourth-order valence-electron chi connectivity index (χ4n) is 2.61. The predicted octanol–water partition coefficient (Wildman–Crippen LogP) is 3.07. The summed E-state index contributed by atoms with van der Waals surface area (Å²) in [6, 6.07) is 17.6. The summed E-state index contributed by atoms with van der Waals surface area (Å²) < 4.78 is 0. The van der Waals surface area contributed by atoms with Crippen LogP contribution < -0.4 is 10.2 Å². The zero-order valence-corrected chi connectivity index (χ0v) is 11.4. The maximum atomic E-state index is 3.39. The van der Waals surface area contributed by atoms with Crippen molar-refractivity contribution in [3.8, 4) is 11.1 Å². The Morgan fingerprint density at radius 1 is 0.895 bits per heavy atom. The normalized spacial score (nSPS) is 15.5. The minimum atomic E-state index is 1.08. The molecule has 98 valence electrons. The number of aryl methyl sites for hydroxylation is 1. The van der Waals surface area contributed by atoms with Crippen molar-refractivity contribution in [3.05, 3.63) is 54.1 Å². The van der Waals surface area contributed by atoms with Gasteiger partial charge in [0.2, 0.25) is 0 Å². The largest absolute Gasteiger partial charge is 0.369 e. The third-order valence-electron chi connectivity index (χ3n) is 3.70. The number of hydrogen-bond donors (Lipinski definition) is 1. The fourth-order valence-corrected chi connectivity index (χ4v) is 2.61. The first kappa shape index (κ1) is 12.2. The molecule has 1 aliphatic rings. The van der Waals surface area contributed by atoms with Gasteiger partial charge in [0.1, 0.15) is 0 Å². The fraction of sp³-hybridized carbons (Fsp3) is 0.294. The molecule has 1 saturated heterocycles. The molecule has 0 amide bonds. The van der Waals surface area contributed by atoms with Crippen LogP contribution in [0.5, 0.6) is 0 Å². The molecular formula is C17H20N2. The summed E-state index contributed by atoms with van der Waals surface area (Å²) in [5, 5.41) is 3.39. The smallest absolute Gasteiger partial charge is 0.0367 e. The van der Waals surface area contributed by atoms with E-state index in [0.717, 1.165) is 26.2 Å². The highest BCUT2D eigenvalue weighted by Gasteiger charge is 2.10. The molecule has 0 aliphatic carbocycles. The lowest BCUT2D eigenvalue weighted by Gasteiger charge is -2.29. The van der Waals surface area contributed by atoms with Crippen molar-refractivity contribution in [2.45, 2.75) is 6.92 Å². The van der Waals surface area contributed by atoms with E-state index in [2.05, 4.69) is 65.7 Å². The molecule has 2 aromatic rings. The SMILES string of the molecule is Cc1cccc(-c2ccc(N3CCNCC3)cc2)c1. The highest BCUT2D eigenvalue weighted by molar-refractivity contribution is 5.67. The molecule has 0 atom stereocenters. The van der Waals surface area contributed by atoms with Gasteiger partial charge in [0.15, 0.2) is 0 Å². The molecule has 0 unspecified atom stereocenters. The van der Waals surface area contributed by atoms with Crippen LogP contribution in [-0.4, -0.2) is 26.2 Å². The molecule has 0 saturated carbocycles. The highest BCUT2D eigenvalue weighted by Crippen LogP contribution is 2.24. The van der Waals surface area contributed by atoms with Gasteiger partial charge in [0, 0.05) is 31.9 Å². The molecule has 3 rings (SSSR count). The Morgan fingerprint density at radius 2 is 1.63 bits per heavy atom. The van der Waals surface area contributed by atoms with Crippen LogP contribution in [0, 0.1) is 6.92 Å². The second-order valence-corrected chi connectivity index (χ2v) is 5.15. The Morgan fingerprint density at radius 3 is 2.32 bits per heavy atom. The zero-order chi connectivity index (χ0) is 13.1. The molecule has 0 radical (unpaired) electrons. The third-order valence-corrected chi connectivity index (χ3v) is 3.70. The molecule has 0 aromatic heterocycles. The van der Waals surface area contributed by atoms with Crippen LogP contribution in [0.2, 0.25) is 0 Å². The van der Waals surface area contributed by atoms with Crippen LogP contribution in [0.25, 0.3) is 11.1 Å². The Balaban J connectivity index is 1.82. The average molecular weight is 252 g/mol. The van der Waals surface area contributed by atoms with E-state index in [1.807, 2.05) is 0 Å². The third kappa shape index (κ3) is 2.79. The average Bonchev–Trinajstić information content (AvgIpc) is 2.48. The van der Waals surface area contributed by atoms with Gasteiger partial charge in [-0.3, -0.25) is 0 Å². The summed E-state index contributed by atoms with van der Waals surface area (Å²) in [5.41, 5.74) is 5.23. The van der Waals surface area contributed by atoms with E-state index < -0.39 is 0 Å². The Labute approximate surface area is 115 Å². The van der Waals surface area contributed by atoms with E-state index in [0.29, 0.717) is 0 Å². The van der Waals surface area contributed by atoms with Crippen molar-refractivity contribution in [1.29, 1.82) is 0 Å². The van der Waals surface area contributed by atoms with Gasteiger partial charge in [-0.15, -0.1) is 0 Å². The number of benzene rings is 2. The van der Waals surface area contributed by atoms with E-state index in [9.17, 15) is 0 Å². The molecule has 19 heavy (non-hydrogen) atoms. The quantitative estimate of drug-likeness (QED) is 0.883. The van der Waals surface area contributed by atoms with Crippen molar-refractivity contribution in [2.75, 3.05) is 31.1 Å². The number of nitrogens with zero attached hydrogens (tertiary/aromatic N) is 1. The summed E-state index contributed by atoms with van der Waals surface area (Å²) in [6.07, 6.45) is 0. The van der Waals surface area contributed by atoms with Gasteiger partial charge < -0.3 is 10.2 Å². The maximum Gasteiger partial charge on any atom is 0.0367 e. The number of piperazine rings is 1. The summed E-state index contributed by atoms with van der Waals surface area (Å²) in [6.45, 7) is 6.51. The lowest BCUT2D eigenvalue weighted by Crippen LogP contribution is -2.43. The van der Waals surface area contributed by atoms with Gasteiger partial charge in [0.25, 0.3) is 0 Å². The number of hydrogen-bond acceptors (Lipinski definition) is 2. The van der Waals surface area contributed by atoms with E-state index in [-0.39, 0.29) is 0 Å². The number of anilines is 1. The lowest BCUT2D eigenvalue weighted by molar-refractivity contribution is 0.589. The van der Waals surface area contributed by atoms with Gasteiger partial charge >= 0.3 is 0 Å². The number of rotatable bonds is 2. The van der Waals surface area contributed by atoms with E-state index in [4.69, 9.17) is 0 Å². The van der Waals surface area contributed by atoms with Crippen molar-refractivity contribution in [2.24, 2.45) is 0 Å². The molecule has 1 fully saturated rings. The van der Waals surface area contributed by atoms with E-state index >= 15 is 0 Å². The van der Waals surface area contributed by atoms with Crippen molar-refractivity contribution in [3.63, 3.8) is 0 Å². The summed E-state index contributed by atoms with van der Waals surface area (Å²) in [5.74, 6) is 0. The van der Waals surface area contributed by atoms with Gasteiger partial charge in [-0.05, 0) is 30.2 Å². The van der Waals surface area contributed by atoms with Crippen LogP contribution in [0.4, 0.5) is 5.69 Å². The number of nitrogens with one attached hydrogen (secondary N) is 1. The highest BCUT2D eigenvalue weighted by atomic mass is 15.2. The van der Waals surface area contributed by atoms with Crippen LogP contribution in [0.1, 0.15) is 5.56 Å². The van der Waals surface area contributed by atoms with Crippen LogP contribution in [0.3, 0.4) is 0 Å². The summed E-state index contributed by atoms with van der Waals surface area (Å²) in [7, 11) is 0. The van der Waals surface area contributed by atoms with Gasteiger partial charge in [-0.1, -0.05) is 42.0 Å². The maximum absolute atomic E-state index is 3.39. The molecule has 1 aliphatic heterocycles. The molecule has 2 heteroatoms. The first-order valence-electron chi connectivity index (χ1n) is 6.96. The molecule has 1 heterocycles. The topological polar surface area (TPSA) is 15.3 Å². The monoisotopic (exact) mass is 252 g/mol. The standard InChI is InChI=1S/C17H20N2/c1-14-3-2-4-16(13-14)15-5-7-17(8-6-15)19-11-9-18-10-12-19/h2-8,13,18H,9-12H2,1H3.